The van der Waals surface area contributed by atoms with Gasteiger partial charge in [-0.1, -0.05) is 27.7 Å². The topological polar surface area (TPSA) is 42.7 Å². The fourth-order valence-corrected chi connectivity index (χ4v) is 2.12. The number of hydrogen-bond donors (Lipinski definition) is 1. The van der Waals surface area contributed by atoms with Crippen LogP contribution in [0.25, 0.3) is 5.82 Å². The van der Waals surface area contributed by atoms with Crippen molar-refractivity contribution in [3.63, 3.8) is 0 Å². The van der Waals surface area contributed by atoms with Gasteiger partial charge in [0.05, 0.1) is 6.20 Å². The van der Waals surface area contributed by atoms with Crippen LogP contribution in [0.3, 0.4) is 0 Å². The minimum absolute atomic E-state index is 0.0255. The van der Waals surface area contributed by atoms with Crippen LogP contribution in [0, 0.1) is 6.92 Å². The minimum Gasteiger partial charge on any atom is -0.313 e. The van der Waals surface area contributed by atoms with Gasteiger partial charge in [0.25, 0.3) is 0 Å². The van der Waals surface area contributed by atoms with E-state index in [4.69, 9.17) is 4.98 Å². The van der Waals surface area contributed by atoms with Gasteiger partial charge in [0, 0.05) is 23.9 Å². The Kier molecular flexibility index (Phi) is 4.78. The Labute approximate surface area is 127 Å². The van der Waals surface area contributed by atoms with Crippen molar-refractivity contribution in [2.45, 2.75) is 53.0 Å². The Balaban J connectivity index is 2.37. The number of aryl methyl sites for hydroxylation is 1. The summed E-state index contributed by atoms with van der Waals surface area (Å²) in [6.07, 6.45) is 5.01. The molecule has 0 unspecified atom stereocenters. The predicted molar refractivity (Wildman–Crippen MR) is 86.8 cm³/mol. The Morgan fingerprint density at radius 2 is 2.00 bits per heavy atom. The average molecular weight is 286 g/mol. The highest BCUT2D eigenvalue weighted by Gasteiger charge is 2.17. The summed E-state index contributed by atoms with van der Waals surface area (Å²) < 4.78 is 1.86. The van der Waals surface area contributed by atoms with Crippen LogP contribution in [-0.2, 0) is 12.0 Å². The van der Waals surface area contributed by atoms with Crippen molar-refractivity contribution in [3.05, 3.63) is 41.3 Å². The third-order valence-electron chi connectivity index (χ3n) is 3.34. The van der Waals surface area contributed by atoms with Crippen LogP contribution in [0.4, 0.5) is 0 Å². The third kappa shape index (κ3) is 4.14. The largest absolute Gasteiger partial charge is 0.313 e. The third-order valence-corrected chi connectivity index (χ3v) is 3.34. The van der Waals surface area contributed by atoms with E-state index in [2.05, 4.69) is 50.2 Å². The molecule has 1 N–H and O–H groups in total. The fourth-order valence-electron chi connectivity index (χ4n) is 2.12. The SMILES string of the molecule is CCCNCc1cc(-n2cc(C)cn2)nc(C(C)(C)C)c1. The van der Waals surface area contributed by atoms with Crippen LogP contribution >= 0.6 is 0 Å². The molecule has 4 heteroatoms. The first-order chi connectivity index (χ1) is 9.90. The monoisotopic (exact) mass is 286 g/mol. The van der Waals surface area contributed by atoms with Crippen molar-refractivity contribution >= 4 is 0 Å². The van der Waals surface area contributed by atoms with E-state index in [0.717, 1.165) is 36.6 Å². The van der Waals surface area contributed by atoms with Crippen molar-refractivity contribution < 1.29 is 0 Å². The Hall–Kier alpha value is -1.68. The van der Waals surface area contributed by atoms with Gasteiger partial charge in [0.15, 0.2) is 5.82 Å². The summed E-state index contributed by atoms with van der Waals surface area (Å²) in [5.41, 5.74) is 3.52. The molecule has 0 spiro atoms. The molecule has 0 amide bonds. The zero-order valence-corrected chi connectivity index (χ0v) is 13.8. The zero-order chi connectivity index (χ0) is 15.5. The van der Waals surface area contributed by atoms with Crippen molar-refractivity contribution in [1.82, 2.24) is 20.1 Å². The molecule has 2 rings (SSSR count). The van der Waals surface area contributed by atoms with Crippen LogP contribution in [-0.4, -0.2) is 21.3 Å². The lowest BCUT2D eigenvalue weighted by Crippen LogP contribution is -2.19. The highest BCUT2D eigenvalue weighted by molar-refractivity contribution is 5.33. The van der Waals surface area contributed by atoms with Gasteiger partial charge in [0.1, 0.15) is 0 Å². The van der Waals surface area contributed by atoms with Crippen LogP contribution in [0.5, 0.6) is 0 Å². The number of pyridine rings is 1. The van der Waals surface area contributed by atoms with E-state index >= 15 is 0 Å². The summed E-state index contributed by atoms with van der Waals surface area (Å²) in [7, 11) is 0. The highest BCUT2D eigenvalue weighted by Crippen LogP contribution is 2.23. The first-order valence-corrected chi connectivity index (χ1v) is 7.64. The van der Waals surface area contributed by atoms with Gasteiger partial charge >= 0.3 is 0 Å². The summed E-state index contributed by atoms with van der Waals surface area (Å²) in [6.45, 7) is 12.7. The second-order valence-electron chi connectivity index (χ2n) is 6.61. The van der Waals surface area contributed by atoms with Crippen molar-refractivity contribution in [1.29, 1.82) is 0 Å². The number of nitrogens with one attached hydrogen (secondary N) is 1. The second-order valence-corrected chi connectivity index (χ2v) is 6.61. The molecule has 0 aliphatic carbocycles. The molecule has 114 valence electrons. The summed E-state index contributed by atoms with van der Waals surface area (Å²) in [5, 5.41) is 7.84. The van der Waals surface area contributed by atoms with Gasteiger partial charge in [-0.25, -0.2) is 9.67 Å². The van der Waals surface area contributed by atoms with Crippen LogP contribution in [0.15, 0.2) is 24.5 Å². The molecule has 0 aliphatic heterocycles. The zero-order valence-electron chi connectivity index (χ0n) is 13.8. The first kappa shape index (κ1) is 15.7. The lowest BCUT2D eigenvalue weighted by molar-refractivity contribution is 0.563. The van der Waals surface area contributed by atoms with Gasteiger partial charge in [-0.15, -0.1) is 0 Å². The van der Waals surface area contributed by atoms with E-state index in [1.54, 1.807) is 0 Å². The molecule has 0 bridgehead atoms. The molecular weight excluding hydrogens is 260 g/mol. The minimum atomic E-state index is 0.0255. The first-order valence-electron chi connectivity index (χ1n) is 7.64. The summed E-state index contributed by atoms with van der Waals surface area (Å²) in [4.78, 5) is 4.79. The molecule has 4 nitrogen and oxygen atoms in total. The van der Waals surface area contributed by atoms with Crippen molar-refractivity contribution in [2.75, 3.05) is 6.54 Å². The predicted octanol–water partition coefficient (Wildman–Crippen LogP) is 3.37. The van der Waals surface area contributed by atoms with Crippen molar-refractivity contribution in [2.24, 2.45) is 0 Å². The van der Waals surface area contributed by atoms with E-state index in [1.165, 1.54) is 5.56 Å². The van der Waals surface area contributed by atoms with E-state index in [-0.39, 0.29) is 5.41 Å². The Morgan fingerprint density at radius 3 is 2.57 bits per heavy atom. The fraction of sp³-hybridized carbons (Fsp3) is 0.529. The van der Waals surface area contributed by atoms with E-state index in [0.29, 0.717) is 0 Å². The Bertz CT molecular complexity index is 593. The maximum Gasteiger partial charge on any atom is 0.153 e. The number of aromatic nitrogens is 3. The molecule has 0 radical (unpaired) electrons. The normalized spacial score (nSPS) is 11.9. The highest BCUT2D eigenvalue weighted by atomic mass is 15.3. The van der Waals surface area contributed by atoms with Crippen LogP contribution in [0.2, 0.25) is 0 Å². The van der Waals surface area contributed by atoms with E-state index < -0.39 is 0 Å². The van der Waals surface area contributed by atoms with Gasteiger partial charge in [0.2, 0.25) is 0 Å². The summed E-state index contributed by atoms with van der Waals surface area (Å²) >= 11 is 0. The Morgan fingerprint density at radius 1 is 1.24 bits per heavy atom. The number of hydrogen-bond acceptors (Lipinski definition) is 3. The summed E-state index contributed by atoms with van der Waals surface area (Å²) in [6, 6.07) is 4.31. The molecule has 0 saturated heterocycles. The molecule has 2 aromatic rings. The second kappa shape index (κ2) is 6.39. The standard InChI is InChI=1S/C17H26N4/c1-6-7-18-11-14-8-15(17(3,4)5)20-16(9-14)21-12-13(2)10-19-21/h8-10,12,18H,6-7,11H2,1-5H3. The van der Waals surface area contributed by atoms with Crippen molar-refractivity contribution in [3.8, 4) is 5.82 Å². The van der Waals surface area contributed by atoms with Gasteiger partial charge in [-0.3, -0.25) is 0 Å². The molecule has 21 heavy (non-hydrogen) atoms. The molecule has 0 saturated carbocycles. The quantitative estimate of drug-likeness (QED) is 0.857. The van der Waals surface area contributed by atoms with Crippen LogP contribution < -0.4 is 5.32 Å². The molecule has 0 aliphatic rings. The maximum atomic E-state index is 4.79. The van der Waals surface area contributed by atoms with E-state index in [1.807, 2.05) is 24.0 Å². The molecule has 0 atom stereocenters. The maximum absolute atomic E-state index is 4.79. The molecule has 2 aromatic heterocycles. The van der Waals surface area contributed by atoms with Gasteiger partial charge in [-0.2, -0.15) is 5.10 Å². The molecule has 0 fully saturated rings. The lowest BCUT2D eigenvalue weighted by atomic mass is 9.90. The average Bonchev–Trinajstić information content (AvgIpc) is 2.84. The number of nitrogens with zero attached hydrogens (tertiary/aromatic N) is 3. The van der Waals surface area contributed by atoms with E-state index in [9.17, 15) is 0 Å². The summed E-state index contributed by atoms with van der Waals surface area (Å²) in [5.74, 6) is 0.892. The molecule has 0 aromatic carbocycles. The van der Waals surface area contributed by atoms with Gasteiger partial charge in [-0.05, 0) is 43.1 Å². The molecular formula is C17H26N4. The van der Waals surface area contributed by atoms with Gasteiger partial charge < -0.3 is 5.32 Å². The smallest absolute Gasteiger partial charge is 0.153 e. The number of rotatable bonds is 5. The lowest BCUT2D eigenvalue weighted by Gasteiger charge is -2.20. The molecule has 2 heterocycles. The van der Waals surface area contributed by atoms with Crippen LogP contribution in [0.1, 0.15) is 50.9 Å².